The average Bonchev–Trinajstić information content (AvgIpc) is 2.23. The first-order valence-electron chi connectivity index (χ1n) is 4.93. The van der Waals surface area contributed by atoms with E-state index in [9.17, 15) is 0 Å². The maximum Gasteiger partial charge on any atom is 0.0627 e. The molecule has 1 aromatic rings. The van der Waals surface area contributed by atoms with E-state index in [1.165, 1.54) is 18.4 Å². The highest BCUT2D eigenvalue weighted by atomic mass is 35.5. The second-order valence-electron chi connectivity index (χ2n) is 3.69. The second kappa shape index (κ2) is 4.52. The molecule has 0 spiro atoms. The van der Waals surface area contributed by atoms with Crippen LogP contribution in [0.1, 0.15) is 24.3 Å². The Morgan fingerprint density at radius 1 is 1.29 bits per heavy atom. The molecular formula is C11H13Cl2N. The van der Waals surface area contributed by atoms with Crippen LogP contribution in [0.25, 0.3) is 0 Å². The van der Waals surface area contributed by atoms with Crippen LogP contribution in [0.5, 0.6) is 0 Å². The van der Waals surface area contributed by atoms with Gasteiger partial charge in [-0.25, -0.2) is 0 Å². The van der Waals surface area contributed by atoms with Gasteiger partial charge in [-0.2, -0.15) is 0 Å². The van der Waals surface area contributed by atoms with Crippen LogP contribution in [0, 0.1) is 0 Å². The lowest BCUT2D eigenvalue weighted by atomic mass is 9.92. The van der Waals surface area contributed by atoms with Gasteiger partial charge in [0.05, 0.1) is 10.0 Å². The Morgan fingerprint density at radius 2 is 2.14 bits per heavy atom. The van der Waals surface area contributed by atoms with Crippen LogP contribution in [0.4, 0.5) is 0 Å². The Morgan fingerprint density at radius 3 is 2.86 bits per heavy atom. The summed E-state index contributed by atoms with van der Waals surface area (Å²) in [6.45, 7) is 2.13. The summed E-state index contributed by atoms with van der Waals surface area (Å²) >= 11 is 12.1. The molecule has 2 rings (SSSR count). The minimum Gasteiger partial charge on any atom is -0.316 e. The van der Waals surface area contributed by atoms with Crippen molar-refractivity contribution in [2.75, 3.05) is 13.1 Å². The van der Waals surface area contributed by atoms with Gasteiger partial charge in [0.1, 0.15) is 0 Å². The summed E-state index contributed by atoms with van der Waals surface area (Å²) in [5, 5.41) is 4.76. The van der Waals surface area contributed by atoms with Crippen molar-refractivity contribution in [3.05, 3.63) is 33.8 Å². The third-order valence-corrected chi connectivity index (χ3v) is 3.55. The Kier molecular flexibility index (Phi) is 3.32. The molecule has 1 aliphatic rings. The first-order chi connectivity index (χ1) is 6.79. The summed E-state index contributed by atoms with van der Waals surface area (Å²) in [5.74, 6) is 0.523. The predicted molar refractivity (Wildman–Crippen MR) is 61.3 cm³/mol. The molecule has 1 heterocycles. The van der Waals surface area contributed by atoms with E-state index in [1.807, 2.05) is 12.1 Å². The van der Waals surface area contributed by atoms with Gasteiger partial charge < -0.3 is 5.32 Å². The summed E-state index contributed by atoms with van der Waals surface area (Å²) in [4.78, 5) is 0. The van der Waals surface area contributed by atoms with Gasteiger partial charge in [0.15, 0.2) is 0 Å². The number of halogens is 2. The van der Waals surface area contributed by atoms with Crippen LogP contribution in [-0.4, -0.2) is 13.1 Å². The molecular weight excluding hydrogens is 217 g/mol. The zero-order valence-corrected chi connectivity index (χ0v) is 9.41. The van der Waals surface area contributed by atoms with Crippen LogP contribution in [0.3, 0.4) is 0 Å². The third-order valence-electron chi connectivity index (χ3n) is 2.72. The number of rotatable bonds is 1. The van der Waals surface area contributed by atoms with E-state index in [4.69, 9.17) is 23.2 Å². The minimum absolute atomic E-state index is 0.523. The van der Waals surface area contributed by atoms with E-state index in [0.29, 0.717) is 10.9 Å². The molecule has 0 bridgehead atoms. The normalized spacial score (nSPS) is 22.3. The van der Waals surface area contributed by atoms with Gasteiger partial charge in [-0.05, 0) is 36.9 Å². The molecule has 0 aliphatic carbocycles. The molecule has 0 amide bonds. The van der Waals surface area contributed by atoms with Gasteiger partial charge in [0.2, 0.25) is 0 Å². The molecule has 1 N–H and O–H groups in total. The van der Waals surface area contributed by atoms with Crippen molar-refractivity contribution in [1.29, 1.82) is 0 Å². The third kappa shape index (κ3) is 2.05. The number of piperidine rings is 1. The van der Waals surface area contributed by atoms with Gasteiger partial charge in [-0.3, -0.25) is 0 Å². The fourth-order valence-electron chi connectivity index (χ4n) is 1.95. The Hall–Kier alpha value is -0.240. The highest BCUT2D eigenvalue weighted by Crippen LogP contribution is 2.33. The van der Waals surface area contributed by atoms with E-state index in [2.05, 4.69) is 11.4 Å². The van der Waals surface area contributed by atoms with Crippen molar-refractivity contribution in [3.8, 4) is 0 Å². The lowest BCUT2D eigenvalue weighted by Gasteiger charge is -2.24. The van der Waals surface area contributed by atoms with Crippen molar-refractivity contribution in [2.45, 2.75) is 18.8 Å². The average molecular weight is 230 g/mol. The fraction of sp³-hybridized carbons (Fsp3) is 0.455. The van der Waals surface area contributed by atoms with Crippen molar-refractivity contribution in [3.63, 3.8) is 0 Å². The predicted octanol–water partition coefficient (Wildman–Crippen LogP) is 3.46. The maximum atomic E-state index is 6.17. The van der Waals surface area contributed by atoms with Crippen molar-refractivity contribution < 1.29 is 0 Å². The van der Waals surface area contributed by atoms with Crippen molar-refractivity contribution >= 4 is 23.2 Å². The molecule has 1 aromatic carbocycles. The molecule has 0 saturated carbocycles. The molecule has 1 atom stereocenters. The summed E-state index contributed by atoms with van der Waals surface area (Å²) in [5.41, 5.74) is 1.19. The second-order valence-corrected chi connectivity index (χ2v) is 4.47. The summed E-state index contributed by atoms with van der Waals surface area (Å²) < 4.78 is 0. The molecule has 1 aliphatic heterocycles. The molecule has 76 valence electrons. The van der Waals surface area contributed by atoms with Crippen LogP contribution in [0.2, 0.25) is 10.0 Å². The SMILES string of the molecule is Clc1cccc([C@H]2CCCNC2)c1Cl. The van der Waals surface area contributed by atoms with Crippen LogP contribution < -0.4 is 5.32 Å². The zero-order valence-electron chi connectivity index (χ0n) is 7.89. The minimum atomic E-state index is 0.523. The van der Waals surface area contributed by atoms with Crippen molar-refractivity contribution in [2.24, 2.45) is 0 Å². The highest BCUT2D eigenvalue weighted by Gasteiger charge is 2.18. The van der Waals surface area contributed by atoms with E-state index in [1.54, 1.807) is 0 Å². The topological polar surface area (TPSA) is 12.0 Å². The number of hydrogen-bond donors (Lipinski definition) is 1. The molecule has 1 nitrogen and oxygen atoms in total. The smallest absolute Gasteiger partial charge is 0.0627 e. The first-order valence-corrected chi connectivity index (χ1v) is 5.69. The van der Waals surface area contributed by atoms with Gasteiger partial charge >= 0.3 is 0 Å². The fourth-order valence-corrected chi connectivity index (χ4v) is 2.42. The zero-order chi connectivity index (χ0) is 9.97. The molecule has 0 radical (unpaired) electrons. The van der Waals surface area contributed by atoms with Crippen LogP contribution in [-0.2, 0) is 0 Å². The Labute approximate surface area is 94.4 Å². The molecule has 0 aromatic heterocycles. The van der Waals surface area contributed by atoms with E-state index in [0.717, 1.165) is 18.1 Å². The number of hydrogen-bond acceptors (Lipinski definition) is 1. The van der Waals surface area contributed by atoms with Gasteiger partial charge in [-0.15, -0.1) is 0 Å². The molecule has 0 unspecified atom stereocenters. The molecule has 3 heteroatoms. The van der Waals surface area contributed by atoms with Gasteiger partial charge in [0.25, 0.3) is 0 Å². The Bertz CT molecular complexity index is 319. The molecule has 1 fully saturated rings. The van der Waals surface area contributed by atoms with Gasteiger partial charge in [0, 0.05) is 6.54 Å². The number of benzene rings is 1. The largest absolute Gasteiger partial charge is 0.316 e. The summed E-state index contributed by atoms with van der Waals surface area (Å²) in [7, 11) is 0. The quantitative estimate of drug-likeness (QED) is 0.778. The first kappa shape index (κ1) is 10.3. The summed E-state index contributed by atoms with van der Waals surface area (Å²) in [6, 6.07) is 5.88. The van der Waals surface area contributed by atoms with Crippen molar-refractivity contribution in [1.82, 2.24) is 5.32 Å². The standard InChI is InChI=1S/C11H13Cl2N/c12-10-5-1-4-9(11(10)13)8-3-2-6-14-7-8/h1,4-5,8,14H,2-3,6-7H2/t8-/m0/s1. The highest BCUT2D eigenvalue weighted by molar-refractivity contribution is 6.42. The molecule has 1 saturated heterocycles. The van der Waals surface area contributed by atoms with Crippen LogP contribution >= 0.6 is 23.2 Å². The maximum absolute atomic E-state index is 6.17. The van der Waals surface area contributed by atoms with Gasteiger partial charge in [-0.1, -0.05) is 35.3 Å². The Balaban J connectivity index is 2.26. The number of nitrogens with one attached hydrogen (secondary N) is 1. The lowest BCUT2D eigenvalue weighted by Crippen LogP contribution is -2.28. The monoisotopic (exact) mass is 229 g/mol. The van der Waals surface area contributed by atoms with E-state index in [-0.39, 0.29) is 0 Å². The van der Waals surface area contributed by atoms with E-state index >= 15 is 0 Å². The molecule has 14 heavy (non-hydrogen) atoms. The lowest BCUT2D eigenvalue weighted by molar-refractivity contribution is 0.462. The van der Waals surface area contributed by atoms with E-state index < -0.39 is 0 Å². The van der Waals surface area contributed by atoms with Crippen LogP contribution in [0.15, 0.2) is 18.2 Å². The summed E-state index contributed by atoms with van der Waals surface area (Å²) in [6.07, 6.45) is 2.42.